The summed E-state index contributed by atoms with van der Waals surface area (Å²) >= 11 is 0. The lowest BCUT2D eigenvalue weighted by molar-refractivity contribution is -0.226. The maximum Gasteiger partial charge on any atom is 0.330 e. The zero-order valence-corrected chi connectivity index (χ0v) is 9.46. The number of aliphatic hydroxyl groups excluding tert-OH is 1. The van der Waals surface area contributed by atoms with E-state index in [1.807, 2.05) is 0 Å². The molecule has 0 aromatic heterocycles. The van der Waals surface area contributed by atoms with Gasteiger partial charge >= 0.3 is 5.97 Å². The normalized spacial score (nSPS) is 18.6. The molecule has 0 aromatic rings. The van der Waals surface area contributed by atoms with Gasteiger partial charge < -0.3 is 24.1 Å². The van der Waals surface area contributed by atoms with Crippen LogP contribution in [0.15, 0.2) is 12.7 Å². The second kappa shape index (κ2) is 8.15. The van der Waals surface area contributed by atoms with Gasteiger partial charge in [-0.25, -0.2) is 4.79 Å². The lowest BCUT2D eigenvalue weighted by Gasteiger charge is -2.25. The molecule has 0 bridgehead atoms. The van der Waals surface area contributed by atoms with Crippen molar-refractivity contribution in [3.05, 3.63) is 12.7 Å². The number of nitrogens with one attached hydrogen (secondary N) is 1. The van der Waals surface area contributed by atoms with Crippen molar-refractivity contribution in [1.82, 2.24) is 5.32 Å². The average molecular weight is 247 g/mol. The van der Waals surface area contributed by atoms with E-state index in [9.17, 15) is 9.90 Å². The van der Waals surface area contributed by atoms with E-state index in [1.54, 1.807) is 0 Å². The molecule has 17 heavy (non-hydrogen) atoms. The molecule has 1 heterocycles. The molecule has 0 amide bonds. The maximum atomic E-state index is 10.7. The van der Waals surface area contributed by atoms with Crippen LogP contribution in [0.2, 0.25) is 0 Å². The number of carbonyl (C=O) groups excluding carboxylic acids is 1. The van der Waals surface area contributed by atoms with Crippen molar-refractivity contribution in [2.45, 2.75) is 12.5 Å². The summed E-state index contributed by atoms with van der Waals surface area (Å²) in [6.45, 7) is 4.67. The van der Waals surface area contributed by atoms with Crippen molar-refractivity contribution >= 4 is 5.97 Å². The van der Waals surface area contributed by atoms with Gasteiger partial charge in [-0.3, -0.25) is 5.32 Å². The first-order chi connectivity index (χ1) is 8.22. The molecule has 0 saturated carbocycles. The van der Waals surface area contributed by atoms with E-state index >= 15 is 0 Å². The molecule has 7 heteroatoms. The topological polar surface area (TPSA) is 86.3 Å². The molecule has 1 saturated heterocycles. The van der Waals surface area contributed by atoms with Crippen LogP contribution in [0.25, 0.3) is 0 Å². The van der Waals surface area contributed by atoms with E-state index in [0.29, 0.717) is 13.2 Å². The van der Waals surface area contributed by atoms with Gasteiger partial charge in [0.2, 0.25) is 6.41 Å². The van der Waals surface area contributed by atoms with Crippen molar-refractivity contribution in [1.29, 1.82) is 0 Å². The van der Waals surface area contributed by atoms with Gasteiger partial charge in [0.25, 0.3) is 0 Å². The van der Waals surface area contributed by atoms with E-state index in [1.165, 1.54) is 0 Å². The van der Waals surface area contributed by atoms with Crippen LogP contribution in [-0.2, 0) is 23.7 Å². The fraction of sp³-hybridized carbons (Fsp3) is 0.700. The minimum absolute atomic E-state index is 0.128. The first-order valence-electron chi connectivity index (χ1n) is 5.24. The lowest BCUT2D eigenvalue weighted by atomic mass is 10.4. The molecule has 1 aliphatic heterocycles. The summed E-state index contributed by atoms with van der Waals surface area (Å²) in [5.74, 6) is -0.503. The highest BCUT2D eigenvalue weighted by atomic mass is 16.7. The summed E-state index contributed by atoms with van der Waals surface area (Å²) < 4.78 is 19.8. The molecule has 2 N–H and O–H groups in total. The smallest absolute Gasteiger partial charge is 0.330 e. The summed E-state index contributed by atoms with van der Waals surface area (Å²) in [7, 11) is 0. The number of hydrogen-bond acceptors (Lipinski definition) is 7. The van der Waals surface area contributed by atoms with Gasteiger partial charge in [-0.2, -0.15) is 0 Å². The van der Waals surface area contributed by atoms with Gasteiger partial charge in [0.15, 0.2) is 0 Å². The summed E-state index contributed by atoms with van der Waals surface area (Å²) in [4.78, 5) is 10.7. The number of hydrogen-bond donors (Lipinski definition) is 2. The standard InChI is InChI=1S/C10H17NO6/c1-2-9(12)16-4-3-11-10(13)17-8-5-14-7-15-6-8/h2,8,10-11,13H,1,3-7H2. The molecular weight excluding hydrogens is 230 g/mol. The summed E-state index contributed by atoms with van der Waals surface area (Å²) in [6, 6.07) is 0. The monoisotopic (exact) mass is 247 g/mol. The number of carbonyl (C=O) groups is 1. The Balaban J connectivity index is 2.02. The molecular formula is C10H17NO6. The van der Waals surface area contributed by atoms with Crippen LogP contribution in [-0.4, -0.2) is 56.8 Å². The highest BCUT2D eigenvalue weighted by Crippen LogP contribution is 2.02. The van der Waals surface area contributed by atoms with E-state index in [-0.39, 0.29) is 26.0 Å². The lowest BCUT2D eigenvalue weighted by Crippen LogP contribution is -2.41. The van der Waals surface area contributed by atoms with Crippen LogP contribution < -0.4 is 5.32 Å². The molecule has 0 radical (unpaired) electrons. The number of ether oxygens (including phenoxy) is 4. The summed E-state index contributed by atoms with van der Waals surface area (Å²) in [6.07, 6.45) is -0.376. The molecule has 0 aromatic carbocycles. The fourth-order valence-corrected chi connectivity index (χ4v) is 1.17. The molecule has 98 valence electrons. The summed E-state index contributed by atoms with van der Waals surface area (Å²) in [5.41, 5.74) is 0. The first-order valence-corrected chi connectivity index (χ1v) is 5.24. The molecule has 7 nitrogen and oxygen atoms in total. The van der Waals surface area contributed by atoms with Crippen LogP contribution in [0.4, 0.5) is 0 Å². The van der Waals surface area contributed by atoms with Gasteiger partial charge in [0, 0.05) is 12.6 Å². The third kappa shape index (κ3) is 6.35. The van der Waals surface area contributed by atoms with Gasteiger partial charge in [-0.05, 0) is 0 Å². The van der Waals surface area contributed by atoms with Crippen molar-refractivity contribution in [3.63, 3.8) is 0 Å². The predicted molar refractivity (Wildman–Crippen MR) is 56.8 cm³/mol. The number of rotatable bonds is 7. The van der Waals surface area contributed by atoms with Crippen molar-refractivity contribution < 1.29 is 28.8 Å². The Bertz CT molecular complexity index is 241. The summed E-state index contributed by atoms with van der Waals surface area (Å²) in [5, 5.41) is 12.0. The van der Waals surface area contributed by atoms with Crippen LogP contribution in [0.5, 0.6) is 0 Å². The minimum Gasteiger partial charge on any atom is -0.461 e. The molecule has 1 aliphatic rings. The maximum absolute atomic E-state index is 10.7. The zero-order valence-electron chi connectivity index (χ0n) is 9.46. The molecule has 1 fully saturated rings. The zero-order chi connectivity index (χ0) is 12.5. The average Bonchev–Trinajstić information content (AvgIpc) is 2.35. The van der Waals surface area contributed by atoms with Crippen LogP contribution in [0.1, 0.15) is 0 Å². The van der Waals surface area contributed by atoms with E-state index in [2.05, 4.69) is 11.9 Å². The molecule has 0 aliphatic carbocycles. The molecule has 1 unspecified atom stereocenters. The van der Waals surface area contributed by atoms with Crippen molar-refractivity contribution in [2.75, 3.05) is 33.2 Å². The Morgan fingerprint density at radius 1 is 1.59 bits per heavy atom. The number of esters is 1. The predicted octanol–water partition coefficient (Wildman–Crippen LogP) is -1.03. The van der Waals surface area contributed by atoms with Crippen molar-refractivity contribution in [3.8, 4) is 0 Å². The highest BCUT2D eigenvalue weighted by molar-refractivity contribution is 5.81. The third-order valence-corrected chi connectivity index (χ3v) is 1.93. The third-order valence-electron chi connectivity index (χ3n) is 1.93. The fourth-order valence-electron chi connectivity index (χ4n) is 1.17. The Morgan fingerprint density at radius 3 is 2.94 bits per heavy atom. The van der Waals surface area contributed by atoms with Crippen LogP contribution in [0.3, 0.4) is 0 Å². The molecule has 1 rings (SSSR count). The Labute approximate surface area is 99.3 Å². The Kier molecular flexibility index (Phi) is 6.75. The van der Waals surface area contributed by atoms with Gasteiger partial charge in [-0.1, -0.05) is 6.58 Å². The second-order valence-electron chi connectivity index (χ2n) is 3.30. The number of aliphatic hydroxyl groups is 1. The minimum atomic E-state index is -1.15. The molecule has 1 atom stereocenters. The van der Waals surface area contributed by atoms with E-state index in [0.717, 1.165) is 6.08 Å². The van der Waals surface area contributed by atoms with E-state index in [4.69, 9.17) is 18.9 Å². The van der Waals surface area contributed by atoms with Crippen molar-refractivity contribution in [2.24, 2.45) is 0 Å². The Hall–Kier alpha value is -0.990. The molecule has 0 spiro atoms. The quantitative estimate of drug-likeness (QED) is 0.257. The largest absolute Gasteiger partial charge is 0.461 e. The van der Waals surface area contributed by atoms with Gasteiger partial charge in [-0.15, -0.1) is 0 Å². The van der Waals surface area contributed by atoms with Crippen LogP contribution in [0, 0.1) is 0 Å². The van der Waals surface area contributed by atoms with E-state index < -0.39 is 12.4 Å². The second-order valence-corrected chi connectivity index (χ2v) is 3.30. The van der Waals surface area contributed by atoms with Gasteiger partial charge in [0.05, 0.1) is 13.2 Å². The van der Waals surface area contributed by atoms with Crippen LogP contribution >= 0.6 is 0 Å². The Morgan fingerprint density at radius 2 is 2.29 bits per heavy atom. The van der Waals surface area contributed by atoms with Gasteiger partial charge in [0.1, 0.15) is 19.5 Å². The SMILES string of the molecule is C=CC(=O)OCCNC(O)OC1COCOC1. The highest BCUT2D eigenvalue weighted by Gasteiger charge is 2.18. The first kappa shape index (κ1) is 14.1.